The lowest BCUT2D eigenvalue weighted by molar-refractivity contribution is 0.404. The van der Waals surface area contributed by atoms with Crippen molar-refractivity contribution < 1.29 is 13.5 Å². The minimum absolute atomic E-state index is 0.0370. The van der Waals surface area contributed by atoms with Crippen LogP contribution in [0.25, 0.3) is 11.3 Å². The molecule has 4 rings (SSSR count). The summed E-state index contributed by atoms with van der Waals surface area (Å²) >= 11 is 2.70. The molecule has 1 N–H and O–H groups in total. The molecule has 5 nitrogen and oxygen atoms in total. The molecule has 0 aliphatic rings. The van der Waals surface area contributed by atoms with Gasteiger partial charge in [-0.1, -0.05) is 42.1 Å². The highest BCUT2D eigenvalue weighted by atomic mass is 32.2. The maximum absolute atomic E-state index is 15.1. The predicted octanol–water partition coefficient (Wildman–Crippen LogP) is 7.46. The maximum Gasteiger partial charge on any atom is 0.228 e. The quantitative estimate of drug-likeness (QED) is 0.154. The van der Waals surface area contributed by atoms with Gasteiger partial charge in [-0.15, -0.1) is 0 Å². The monoisotopic (exact) mass is 496 g/mol. The number of hydrogen-bond donors (Lipinski definition) is 1. The molecule has 0 aliphatic heterocycles. The molecule has 1 unspecified atom stereocenters. The Bertz CT molecular complexity index is 1290. The number of ether oxygens (including phenoxy) is 1. The van der Waals surface area contributed by atoms with Crippen molar-refractivity contribution in [1.29, 1.82) is 0 Å². The van der Waals surface area contributed by atoms with E-state index in [-0.39, 0.29) is 22.6 Å². The number of halogens is 2. The fourth-order valence-corrected chi connectivity index (χ4v) is 4.33. The number of aromatic nitrogens is 3. The normalized spacial score (nSPS) is 11.8. The Labute approximate surface area is 205 Å². The van der Waals surface area contributed by atoms with Crippen LogP contribution in [0.1, 0.15) is 23.3 Å². The summed E-state index contributed by atoms with van der Waals surface area (Å²) in [5, 5.41) is 0.619. The molecule has 0 bridgehead atoms. The minimum Gasteiger partial charge on any atom is -0.435 e. The largest absolute Gasteiger partial charge is 0.435 e. The number of nitrogens with one attached hydrogen (secondary N) is 1. The first kappa shape index (κ1) is 24.0. The van der Waals surface area contributed by atoms with Gasteiger partial charge in [0.25, 0.3) is 0 Å². The van der Waals surface area contributed by atoms with Crippen molar-refractivity contribution in [3.05, 3.63) is 89.8 Å². The summed E-state index contributed by atoms with van der Waals surface area (Å²) in [6.07, 6.45) is 5.03. The zero-order valence-electron chi connectivity index (χ0n) is 18.8. The summed E-state index contributed by atoms with van der Waals surface area (Å²) in [4.78, 5) is 12.9. The van der Waals surface area contributed by atoms with Crippen LogP contribution >= 0.6 is 23.7 Å². The molecule has 1 atom stereocenters. The maximum atomic E-state index is 15.1. The second-order valence-corrected chi connectivity index (χ2v) is 9.28. The third-order valence-electron chi connectivity index (χ3n) is 5.02. The first-order valence-electron chi connectivity index (χ1n) is 10.4. The lowest BCUT2D eigenvalue weighted by Crippen LogP contribution is -2.03. The number of benzene rings is 2. The van der Waals surface area contributed by atoms with E-state index in [9.17, 15) is 4.39 Å². The fourth-order valence-electron chi connectivity index (χ4n) is 3.23. The fraction of sp³-hybridized carbons (Fsp3) is 0.160. The number of rotatable bonds is 8. The van der Waals surface area contributed by atoms with Crippen LogP contribution in [0.2, 0.25) is 0 Å². The third kappa shape index (κ3) is 5.31. The Morgan fingerprint density at radius 1 is 0.971 bits per heavy atom. The van der Waals surface area contributed by atoms with E-state index < -0.39 is 11.6 Å². The molecule has 4 aromatic rings. The Morgan fingerprint density at radius 2 is 1.76 bits per heavy atom. The lowest BCUT2D eigenvalue weighted by Gasteiger charge is -2.17. The molecule has 0 radical (unpaired) electrons. The van der Waals surface area contributed by atoms with E-state index >= 15 is 4.39 Å². The summed E-state index contributed by atoms with van der Waals surface area (Å²) in [6, 6.07) is 16.5. The second kappa shape index (κ2) is 10.8. The Kier molecular flexibility index (Phi) is 7.64. The van der Waals surface area contributed by atoms with Crippen molar-refractivity contribution in [2.45, 2.75) is 24.3 Å². The molecule has 0 saturated carbocycles. The molecule has 0 fully saturated rings. The van der Waals surface area contributed by atoms with Crippen molar-refractivity contribution in [3.63, 3.8) is 0 Å². The van der Waals surface area contributed by atoms with Crippen molar-refractivity contribution in [2.75, 3.05) is 11.0 Å². The molecule has 34 heavy (non-hydrogen) atoms. The average molecular weight is 497 g/mol. The number of anilines is 1. The average Bonchev–Trinajstić information content (AvgIpc) is 2.88. The molecule has 2 aromatic heterocycles. The Hall–Kier alpha value is -3.17. The highest BCUT2D eigenvalue weighted by molar-refractivity contribution is 8.00. The minimum atomic E-state index is -1.08. The van der Waals surface area contributed by atoms with Crippen LogP contribution in [0, 0.1) is 18.6 Å². The highest BCUT2D eigenvalue weighted by Gasteiger charge is 2.21. The summed E-state index contributed by atoms with van der Waals surface area (Å²) < 4.78 is 38.8. The van der Waals surface area contributed by atoms with Crippen molar-refractivity contribution >= 4 is 29.4 Å². The van der Waals surface area contributed by atoms with Crippen molar-refractivity contribution in [3.8, 4) is 22.9 Å². The Balaban J connectivity index is 1.59. The molecule has 174 valence electrons. The zero-order chi connectivity index (χ0) is 24.1. The van der Waals surface area contributed by atoms with Gasteiger partial charge in [0, 0.05) is 17.6 Å². The Morgan fingerprint density at radius 3 is 2.53 bits per heavy atom. The summed E-state index contributed by atoms with van der Waals surface area (Å²) in [5.74, 6) is -2.19. The summed E-state index contributed by atoms with van der Waals surface area (Å²) in [5.41, 5.74) is 2.68. The van der Waals surface area contributed by atoms with Gasteiger partial charge in [0.05, 0.1) is 16.9 Å². The van der Waals surface area contributed by atoms with Gasteiger partial charge in [-0.3, -0.25) is 0 Å². The van der Waals surface area contributed by atoms with Gasteiger partial charge < -0.3 is 9.46 Å². The molecule has 2 heterocycles. The topological polar surface area (TPSA) is 59.9 Å². The van der Waals surface area contributed by atoms with Crippen LogP contribution in [0.4, 0.5) is 14.5 Å². The number of hydrogen-bond acceptors (Lipinski definition) is 7. The van der Waals surface area contributed by atoms with Gasteiger partial charge >= 0.3 is 0 Å². The van der Waals surface area contributed by atoms with Gasteiger partial charge in [0.15, 0.2) is 16.7 Å². The predicted molar refractivity (Wildman–Crippen MR) is 134 cm³/mol. The number of aryl methyl sites for hydroxylation is 1. The zero-order valence-corrected chi connectivity index (χ0v) is 20.4. The van der Waals surface area contributed by atoms with E-state index in [2.05, 4.69) is 19.7 Å². The number of nitrogens with zero attached hydrogens (tertiary/aromatic N) is 3. The van der Waals surface area contributed by atoms with E-state index in [0.29, 0.717) is 22.0 Å². The van der Waals surface area contributed by atoms with E-state index in [1.54, 1.807) is 31.3 Å². The van der Waals surface area contributed by atoms with Gasteiger partial charge in [0.1, 0.15) is 0 Å². The van der Waals surface area contributed by atoms with Gasteiger partial charge in [-0.05, 0) is 67.4 Å². The van der Waals surface area contributed by atoms with Gasteiger partial charge in [-0.25, -0.2) is 19.3 Å². The molecule has 0 spiro atoms. The standard InChI is InChI=1S/C25H22F2N4OS2/c1-15-14-20(31-34-16(2)17-8-5-4-6-9-17)21(26)22(27)23(15)32-24-18(10-7-12-28-24)19-11-13-29-25(30-19)33-3/h4-14,16,31H,1-3H3. The first-order valence-corrected chi connectivity index (χ1v) is 12.5. The van der Waals surface area contributed by atoms with Crippen LogP contribution in [0.15, 0.2) is 72.1 Å². The van der Waals surface area contributed by atoms with Crippen LogP contribution in [0.3, 0.4) is 0 Å². The van der Waals surface area contributed by atoms with Crippen molar-refractivity contribution in [2.24, 2.45) is 0 Å². The molecular weight excluding hydrogens is 474 g/mol. The van der Waals surface area contributed by atoms with Crippen LogP contribution in [0.5, 0.6) is 11.6 Å². The van der Waals surface area contributed by atoms with E-state index in [0.717, 1.165) is 5.56 Å². The molecule has 0 amide bonds. The SMILES string of the molecule is CSc1nccc(-c2cccnc2Oc2c(C)cc(NSC(C)c3ccccc3)c(F)c2F)n1. The van der Waals surface area contributed by atoms with Crippen LogP contribution in [-0.4, -0.2) is 21.2 Å². The molecular formula is C25H22F2N4OS2. The lowest BCUT2D eigenvalue weighted by atomic mass is 10.1. The van der Waals surface area contributed by atoms with Crippen LogP contribution < -0.4 is 9.46 Å². The third-order valence-corrected chi connectivity index (χ3v) is 6.55. The van der Waals surface area contributed by atoms with E-state index in [4.69, 9.17) is 4.74 Å². The second-order valence-electron chi connectivity index (χ2n) is 7.36. The van der Waals surface area contributed by atoms with E-state index in [1.807, 2.05) is 43.5 Å². The van der Waals surface area contributed by atoms with E-state index in [1.165, 1.54) is 36.0 Å². The van der Waals surface area contributed by atoms with Crippen LogP contribution in [-0.2, 0) is 0 Å². The molecule has 2 aromatic carbocycles. The summed E-state index contributed by atoms with van der Waals surface area (Å²) in [7, 11) is 0. The van der Waals surface area contributed by atoms with Crippen molar-refractivity contribution in [1.82, 2.24) is 15.0 Å². The number of thioether (sulfide) groups is 1. The van der Waals surface area contributed by atoms with Gasteiger partial charge in [-0.2, -0.15) is 4.39 Å². The first-order chi connectivity index (χ1) is 16.5. The smallest absolute Gasteiger partial charge is 0.228 e. The summed E-state index contributed by atoms with van der Waals surface area (Å²) in [6.45, 7) is 3.65. The molecule has 9 heteroatoms. The molecule has 0 aliphatic carbocycles. The number of pyridine rings is 1. The van der Waals surface area contributed by atoms with Gasteiger partial charge in [0.2, 0.25) is 11.7 Å². The highest BCUT2D eigenvalue weighted by Crippen LogP contribution is 2.38. The molecule has 0 saturated heterocycles.